The van der Waals surface area contributed by atoms with Crippen LogP contribution in [0.1, 0.15) is 96.8 Å². The van der Waals surface area contributed by atoms with Gasteiger partial charge in [-0.2, -0.15) is 0 Å². The Bertz CT molecular complexity index is 582. The number of phosphoric ester groups is 1. The van der Waals surface area contributed by atoms with Gasteiger partial charge >= 0.3 is 13.8 Å². The summed E-state index contributed by atoms with van der Waals surface area (Å²) < 4.78 is 32.4. The van der Waals surface area contributed by atoms with E-state index in [0.29, 0.717) is 17.4 Å². The average Bonchev–Trinajstić information content (AvgIpc) is 2.77. The van der Waals surface area contributed by atoms with E-state index in [4.69, 9.17) is 13.8 Å². The smallest absolute Gasteiger partial charge is 0.464 e. The molecule has 0 spiro atoms. The maximum Gasteiger partial charge on any atom is 0.472 e. The lowest BCUT2D eigenvalue weighted by Gasteiger charge is -2.24. The number of esters is 1. The molecule has 0 aromatic rings. The number of quaternary nitrogens is 1. The van der Waals surface area contributed by atoms with E-state index in [1.165, 1.54) is 64.2 Å². The van der Waals surface area contributed by atoms with Gasteiger partial charge in [0.25, 0.3) is 6.47 Å². The number of hydrogen-bond donors (Lipinski definition) is 1. The van der Waals surface area contributed by atoms with Gasteiger partial charge in [0.1, 0.15) is 19.8 Å². The normalized spacial score (nSPS) is 14.3. The Labute approximate surface area is 213 Å². The molecule has 0 rings (SSSR count). The van der Waals surface area contributed by atoms with E-state index >= 15 is 0 Å². The molecule has 2 atom stereocenters. The number of carbonyl (C=O) groups excluding carboxylic acids is 2. The molecule has 0 aromatic carbocycles. The highest BCUT2D eigenvalue weighted by molar-refractivity contribution is 7.47. The molecule has 0 amide bonds. The number of phosphoric acid groups is 1. The van der Waals surface area contributed by atoms with Gasteiger partial charge in [0.05, 0.1) is 27.7 Å². The van der Waals surface area contributed by atoms with Gasteiger partial charge in [0, 0.05) is 6.42 Å². The number of carbonyl (C=O) groups is 2. The molecule has 0 aliphatic heterocycles. The third kappa shape index (κ3) is 24.5. The second-order valence-corrected chi connectivity index (χ2v) is 11.6. The molecule has 0 aliphatic rings. The van der Waals surface area contributed by atoms with Crippen molar-refractivity contribution in [1.29, 1.82) is 0 Å². The fraction of sp³-hybridized carbons (Fsp3) is 0.920. The van der Waals surface area contributed by atoms with Crippen LogP contribution in [0.25, 0.3) is 0 Å². The fourth-order valence-corrected chi connectivity index (χ4v) is 4.18. The van der Waals surface area contributed by atoms with Gasteiger partial charge in [-0.15, -0.1) is 0 Å². The summed E-state index contributed by atoms with van der Waals surface area (Å²) in [7, 11) is 1.48. The van der Waals surface area contributed by atoms with Gasteiger partial charge in [0.2, 0.25) is 0 Å². The zero-order valence-corrected chi connectivity index (χ0v) is 23.5. The zero-order valence-electron chi connectivity index (χ0n) is 22.6. The number of unbranched alkanes of at least 4 members (excludes halogenated alkanes) is 12. The van der Waals surface area contributed by atoms with Crippen LogP contribution < -0.4 is 0 Å². The molecule has 10 heteroatoms. The maximum absolute atomic E-state index is 12.1. The lowest BCUT2D eigenvalue weighted by molar-refractivity contribution is -0.870. The molecule has 0 heterocycles. The SMILES string of the molecule is CCCCCCCCCCCCCCCC(=O)O[C@H](COC=O)COP(=O)(O)OCC[N+](C)(C)C. The summed E-state index contributed by atoms with van der Waals surface area (Å²) in [6.45, 7) is 2.35. The van der Waals surface area contributed by atoms with Gasteiger partial charge in [-0.1, -0.05) is 84.0 Å². The molecule has 0 radical (unpaired) electrons. The predicted molar refractivity (Wildman–Crippen MR) is 137 cm³/mol. The van der Waals surface area contributed by atoms with Gasteiger partial charge in [0.15, 0.2) is 6.10 Å². The summed E-state index contributed by atoms with van der Waals surface area (Å²) in [4.78, 5) is 32.5. The molecule has 0 saturated carbocycles. The summed E-state index contributed by atoms with van der Waals surface area (Å²) in [6.07, 6.45) is 15.1. The highest BCUT2D eigenvalue weighted by Crippen LogP contribution is 2.43. The van der Waals surface area contributed by atoms with Gasteiger partial charge < -0.3 is 18.9 Å². The van der Waals surface area contributed by atoms with Crippen LogP contribution in [0.5, 0.6) is 0 Å². The lowest BCUT2D eigenvalue weighted by Crippen LogP contribution is -2.37. The third-order valence-electron chi connectivity index (χ3n) is 5.57. The molecule has 1 N–H and O–H groups in total. The highest BCUT2D eigenvalue weighted by Gasteiger charge is 2.26. The second kappa shape index (κ2) is 21.1. The Kier molecular flexibility index (Phi) is 20.5. The second-order valence-electron chi connectivity index (χ2n) is 10.1. The summed E-state index contributed by atoms with van der Waals surface area (Å²) in [6, 6.07) is 0. The van der Waals surface area contributed by atoms with Crippen LogP contribution in [0.4, 0.5) is 0 Å². The topological polar surface area (TPSA) is 108 Å². The molecule has 208 valence electrons. The van der Waals surface area contributed by atoms with E-state index in [-0.39, 0.29) is 26.1 Å². The van der Waals surface area contributed by atoms with Gasteiger partial charge in [-0.3, -0.25) is 18.6 Å². The van der Waals surface area contributed by atoms with E-state index in [2.05, 4.69) is 11.7 Å². The Balaban J connectivity index is 3.97. The van der Waals surface area contributed by atoms with Crippen molar-refractivity contribution in [3.05, 3.63) is 0 Å². The number of hydrogen-bond acceptors (Lipinski definition) is 7. The first-order valence-corrected chi connectivity index (χ1v) is 14.8. The molecule has 35 heavy (non-hydrogen) atoms. The first-order valence-electron chi connectivity index (χ1n) is 13.3. The fourth-order valence-electron chi connectivity index (χ4n) is 3.44. The van der Waals surface area contributed by atoms with Crippen LogP contribution in [0, 0.1) is 0 Å². The Morgan fingerprint density at radius 2 is 1.37 bits per heavy atom. The van der Waals surface area contributed by atoms with E-state index in [1.54, 1.807) is 0 Å². The van der Waals surface area contributed by atoms with Crippen molar-refractivity contribution in [3.63, 3.8) is 0 Å². The van der Waals surface area contributed by atoms with Crippen LogP contribution in [0.2, 0.25) is 0 Å². The molecular formula is C25H51NO8P+. The Morgan fingerprint density at radius 3 is 1.86 bits per heavy atom. The third-order valence-corrected chi connectivity index (χ3v) is 6.56. The molecule has 0 fully saturated rings. The minimum absolute atomic E-state index is 0.0334. The standard InChI is InChI=1S/C25H50NO8P/c1-5-6-7-8-9-10-11-12-13-14-15-16-17-18-25(28)34-24(21-31-23-27)22-33-35(29,30)32-20-19-26(2,3)4/h23-24H,5-22H2,1-4H3/p+1/t24-/m1/s1. The predicted octanol–water partition coefficient (Wildman–Crippen LogP) is 5.39. The highest BCUT2D eigenvalue weighted by atomic mass is 31.2. The van der Waals surface area contributed by atoms with Crippen LogP contribution in [-0.2, 0) is 32.7 Å². The minimum Gasteiger partial charge on any atom is -0.464 e. The minimum atomic E-state index is -4.30. The largest absolute Gasteiger partial charge is 0.472 e. The quantitative estimate of drug-likeness (QED) is 0.0557. The summed E-state index contributed by atoms with van der Waals surface area (Å²) in [5, 5.41) is 0. The molecule has 0 aromatic heterocycles. The Hall–Kier alpha value is -0.990. The summed E-state index contributed by atoms with van der Waals surface area (Å²) >= 11 is 0. The van der Waals surface area contributed by atoms with Crippen LogP contribution in [0.15, 0.2) is 0 Å². The number of likely N-dealkylation sites (N-methyl/N-ethyl adjacent to an activating group) is 1. The van der Waals surface area contributed by atoms with E-state index in [0.717, 1.165) is 12.8 Å². The zero-order chi connectivity index (χ0) is 26.4. The average molecular weight is 525 g/mol. The van der Waals surface area contributed by atoms with Gasteiger partial charge in [-0.05, 0) is 6.42 Å². The number of nitrogens with zero attached hydrogens (tertiary/aromatic N) is 1. The van der Waals surface area contributed by atoms with Crippen molar-refractivity contribution < 1.29 is 42.1 Å². The monoisotopic (exact) mass is 524 g/mol. The van der Waals surface area contributed by atoms with Gasteiger partial charge in [-0.25, -0.2) is 4.57 Å². The maximum atomic E-state index is 12.1. The molecule has 9 nitrogen and oxygen atoms in total. The van der Waals surface area contributed by atoms with E-state index in [1.807, 2.05) is 21.1 Å². The first kappa shape index (κ1) is 34.0. The molecule has 0 saturated heterocycles. The Morgan fingerprint density at radius 1 is 0.857 bits per heavy atom. The van der Waals surface area contributed by atoms with Crippen LogP contribution in [-0.4, -0.2) is 75.4 Å². The van der Waals surface area contributed by atoms with Crippen molar-refractivity contribution in [1.82, 2.24) is 0 Å². The van der Waals surface area contributed by atoms with Crippen molar-refractivity contribution >= 4 is 20.3 Å². The summed E-state index contributed by atoms with van der Waals surface area (Å²) in [5.74, 6) is -0.449. The van der Waals surface area contributed by atoms with Crippen LogP contribution in [0.3, 0.4) is 0 Å². The lowest BCUT2D eigenvalue weighted by atomic mass is 10.0. The molecule has 0 bridgehead atoms. The molecule has 1 unspecified atom stereocenters. The number of ether oxygens (including phenoxy) is 2. The molecular weight excluding hydrogens is 473 g/mol. The van der Waals surface area contributed by atoms with E-state index < -0.39 is 26.5 Å². The number of rotatable bonds is 25. The van der Waals surface area contributed by atoms with Crippen molar-refractivity contribution in [2.24, 2.45) is 0 Å². The first-order chi connectivity index (χ1) is 16.6. The van der Waals surface area contributed by atoms with Crippen molar-refractivity contribution in [2.75, 3.05) is 47.5 Å². The van der Waals surface area contributed by atoms with Crippen molar-refractivity contribution in [2.45, 2.75) is 103 Å². The van der Waals surface area contributed by atoms with Crippen LogP contribution >= 0.6 is 7.82 Å². The molecule has 0 aliphatic carbocycles. The van der Waals surface area contributed by atoms with E-state index in [9.17, 15) is 19.0 Å². The van der Waals surface area contributed by atoms with Crippen molar-refractivity contribution in [3.8, 4) is 0 Å². The summed E-state index contributed by atoms with van der Waals surface area (Å²) in [5.41, 5.74) is 0.